The van der Waals surface area contributed by atoms with Gasteiger partial charge in [-0.05, 0) is 48.7 Å². The zero-order chi connectivity index (χ0) is 36.4. The third-order valence-electron chi connectivity index (χ3n) is 9.14. The minimum atomic E-state index is -0.957. The van der Waals surface area contributed by atoms with Gasteiger partial charge in [0.15, 0.2) is 0 Å². The van der Waals surface area contributed by atoms with Crippen molar-refractivity contribution in [2.75, 3.05) is 20.6 Å². The smallest absolute Gasteiger partial charge is 0.410 e. The van der Waals surface area contributed by atoms with Gasteiger partial charge >= 0.3 is 12.1 Å². The molecule has 3 aliphatic heterocycles. The Kier molecular flexibility index (Phi) is 10.8. The fourth-order valence-electron chi connectivity index (χ4n) is 6.48. The lowest BCUT2D eigenvalue weighted by Gasteiger charge is -2.46. The summed E-state index contributed by atoms with van der Waals surface area (Å²) >= 11 is 1.32. The number of benzene rings is 2. The number of aliphatic hydroxyl groups is 1. The molecule has 5 rings (SSSR count). The van der Waals surface area contributed by atoms with Gasteiger partial charge in [-0.3, -0.25) is 29.8 Å². The number of hydrogen-bond donors (Lipinski definition) is 1. The van der Waals surface area contributed by atoms with E-state index in [0.717, 1.165) is 0 Å². The van der Waals surface area contributed by atoms with Crippen molar-refractivity contribution in [1.29, 1.82) is 0 Å². The van der Waals surface area contributed by atoms with Crippen LogP contribution in [0, 0.1) is 32.1 Å². The number of rotatable bonds is 12. The second-order valence-corrected chi connectivity index (χ2v) is 14.1. The van der Waals surface area contributed by atoms with Crippen LogP contribution in [0.1, 0.15) is 37.8 Å². The fourth-order valence-corrected chi connectivity index (χ4v) is 8.04. The van der Waals surface area contributed by atoms with Crippen molar-refractivity contribution in [3.05, 3.63) is 90.5 Å². The highest BCUT2D eigenvalue weighted by Gasteiger charge is 2.60. The van der Waals surface area contributed by atoms with E-state index < -0.39 is 51.9 Å². The molecule has 16 nitrogen and oxygen atoms in total. The summed E-state index contributed by atoms with van der Waals surface area (Å²) in [6.45, 7) is 3.19. The summed E-state index contributed by atoms with van der Waals surface area (Å²) < 4.78 is 11.2. The molecule has 6 atom stereocenters. The summed E-state index contributed by atoms with van der Waals surface area (Å²) in [7, 11) is 3.22. The summed E-state index contributed by atoms with van der Waals surface area (Å²) in [4.78, 5) is 78.8. The molecule has 2 aromatic rings. The summed E-state index contributed by atoms with van der Waals surface area (Å²) in [6.07, 6.45) is -1.24. The molecule has 2 fully saturated rings. The molecule has 0 spiro atoms. The van der Waals surface area contributed by atoms with Gasteiger partial charge in [-0.25, -0.2) is 9.59 Å². The van der Waals surface area contributed by atoms with Crippen LogP contribution in [0.5, 0.6) is 0 Å². The zero-order valence-electron chi connectivity index (χ0n) is 27.8. The Morgan fingerprint density at radius 1 is 0.980 bits per heavy atom. The van der Waals surface area contributed by atoms with E-state index in [4.69, 9.17) is 9.47 Å². The van der Waals surface area contributed by atoms with Gasteiger partial charge in [-0.2, -0.15) is 0 Å². The van der Waals surface area contributed by atoms with Crippen LogP contribution in [0.4, 0.5) is 16.2 Å². The summed E-state index contributed by atoms with van der Waals surface area (Å²) in [5, 5.41) is 32.1. The normalized spacial score (nSPS) is 23.2. The van der Waals surface area contributed by atoms with Gasteiger partial charge in [0.2, 0.25) is 11.8 Å². The Morgan fingerprint density at radius 2 is 1.52 bits per heavy atom. The Bertz CT molecular complexity index is 1710. The lowest BCUT2D eigenvalue weighted by Crippen LogP contribution is -2.63. The quantitative estimate of drug-likeness (QED) is 0.145. The Morgan fingerprint density at radius 3 is 2.02 bits per heavy atom. The van der Waals surface area contributed by atoms with E-state index in [1.54, 1.807) is 14.1 Å². The van der Waals surface area contributed by atoms with Gasteiger partial charge in [-0.1, -0.05) is 6.92 Å². The molecule has 0 saturated carbocycles. The number of aliphatic hydroxyl groups excluding tert-OH is 1. The van der Waals surface area contributed by atoms with E-state index in [-0.39, 0.29) is 60.3 Å². The van der Waals surface area contributed by atoms with Gasteiger partial charge in [0.1, 0.15) is 18.9 Å². The molecule has 0 aliphatic carbocycles. The van der Waals surface area contributed by atoms with E-state index in [9.17, 15) is 44.5 Å². The molecule has 0 bridgehead atoms. The standard InChI is InChI=1S/C33H37N5O11S/c1-18-28-27(19(2)39)31(41)36(28)29(32(42)48-16-20-5-9-22(10-6-20)37(44)45)30(18)50-25-13-24(14-26(40)34(3)4)35(15-25)33(43)49-17-21-7-11-23(12-8-21)38(46)47/h5-12,18-19,24-25,27-28,39H,13-17H2,1-4H3/t18-,19?,24+,25+,27-,28-/m1/s1. The number of fused-ring (bicyclic) bond motifs is 1. The van der Waals surface area contributed by atoms with Crippen LogP contribution in [-0.4, -0.2) is 97.6 Å². The molecule has 2 saturated heterocycles. The minimum absolute atomic E-state index is 0.0206. The molecular weight excluding hydrogens is 674 g/mol. The first kappa shape index (κ1) is 36.3. The number of esters is 1. The molecule has 50 heavy (non-hydrogen) atoms. The van der Waals surface area contributed by atoms with E-state index in [0.29, 0.717) is 22.5 Å². The number of nitro benzene ring substituents is 2. The van der Waals surface area contributed by atoms with E-state index in [1.165, 1.54) is 81.9 Å². The van der Waals surface area contributed by atoms with E-state index >= 15 is 0 Å². The maximum Gasteiger partial charge on any atom is 0.410 e. The third kappa shape index (κ3) is 7.42. The topological polar surface area (TPSA) is 203 Å². The van der Waals surface area contributed by atoms with Crippen molar-refractivity contribution in [2.24, 2.45) is 11.8 Å². The second kappa shape index (κ2) is 14.8. The van der Waals surface area contributed by atoms with Gasteiger partial charge in [0.25, 0.3) is 11.4 Å². The van der Waals surface area contributed by atoms with E-state index in [2.05, 4.69) is 0 Å². The summed E-state index contributed by atoms with van der Waals surface area (Å²) in [5.41, 5.74) is 0.883. The van der Waals surface area contributed by atoms with Crippen LogP contribution >= 0.6 is 11.8 Å². The largest absolute Gasteiger partial charge is 0.456 e. The molecule has 0 radical (unpaired) electrons. The number of ether oxygens (including phenoxy) is 2. The van der Waals surface area contributed by atoms with Gasteiger partial charge in [0, 0.05) is 73.4 Å². The van der Waals surface area contributed by atoms with Gasteiger partial charge in [-0.15, -0.1) is 11.8 Å². The van der Waals surface area contributed by atoms with Crippen LogP contribution in [0.25, 0.3) is 0 Å². The van der Waals surface area contributed by atoms with Crippen molar-refractivity contribution >= 4 is 47.0 Å². The lowest BCUT2D eigenvalue weighted by atomic mass is 9.79. The highest BCUT2D eigenvalue weighted by atomic mass is 32.2. The predicted octanol–water partition coefficient (Wildman–Crippen LogP) is 3.61. The molecular formula is C33H37N5O11S. The number of thioether (sulfide) groups is 1. The van der Waals surface area contributed by atoms with Crippen LogP contribution < -0.4 is 0 Å². The van der Waals surface area contributed by atoms with Crippen LogP contribution in [0.3, 0.4) is 0 Å². The number of hydrogen-bond acceptors (Lipinski definition) is 12. The highest BCUT2D eigenvalue weighted by molar-refractivity contribution is 8.03. The van der Waals surface area contributed by atoms with Crippen molar-refractivity contribution in [1.82, 2.24) is 14.7 Å². The maximum atomic E-state index is 13.6. The van der Waals surface area contributed by atoms with Crippen molar-refractivity contribution < 1.29 is 43.6 Å². The average Bonchev–Trinajstić information content (AvgIpc) is 3.58. The molecule has 0 aromatic heterocycles. The number of nitrogens with zero attached hydrogens (tertiary/aromatic N) is 5. The third-order valence-corrected chi connectivity index (χ3v) is 10.6. The molecule has 1 unspecified atom stereocenters. The molecule has 2 aromatic carbocycles. The molecule has 3 heterocycles. The van der Waals surface area contributed by atoms with Crippen LogP contribution in [0.15, 0.2) is 59.1 Å². The van der Waals surface area contributed by atoms with Crippen molar-refractivity contribution in [3.63, 3.8) is 0 Å². The van der Waals surface area contributed by atoms with Crippen LogP contribution in [0.2, 0.25) is 0 Å². The molecule has 3 amide bonds. The highest BCUT2D eigenvalue weighted by Crippen LogP contribution is 2.52. The predicted molar refractivity (Wildman–Crippen MR) is 178 cm³/mol. The Hall–Kier alpha value is -5.03. The second-order valence-electron chi connectivity index (χ2n) is 12.7. The number of nitro groups is 2. The number of likely N-dealkylation sites (tertiary alicyclic amines) is 1. The SMILES string of the molecule is CC(O)[C@H]1C(=O)N2C(C(=O)OCc3ccc([N+](=O)[O-])cc3)=C(S[C@H]3C[C@@H](CC(=O)N(C)C)N(C(=O)OCc4ccc([N+](=O)[O-])cc4)C3)[C@H](C)[C@H]12. The van der Waals surface area contributed by atoms with Gasteiger partial charge < -0.3 is 29.3 Å². The molecule has 1 N–H and O–H groups in total. The van der Waals surface area contributed by atoms with Crippen molar-refractivity contribution in [3.8, 4) is 0 Å². The number of non-ortho nitro benzene ring substituents is 2. The number of amides is 3. The Balaban J connectivity index is 1.35. The molecule has 17 heteroatoms. The lowest BCUT2D eigenvalue weighted by molar-refractivity contribution is -0.385. The first-order valence-electron chi connectivity index (χ1n) is 15.9. The number of carbonyl (C=O) groups is 4. The summed E-state index contributed by atoms with van der Waals surface area (Å²) in [6, 6.07) is 10.1. The average molecular weight is 712 g/mol. The maximum absolute atomic E-state index is 13.6. The molecule has 266 valence electrons. The monoisotopic (exact) mass is 711 g/mol. The molecule has 3 aliphatic rings. The van der Waals surface area contributed by atoms with Crippen molar-refractivity contribution in [2.45, 2.75) is 63.3 Å². The zero-order valence-corrected chi connectivity index (χ0v) is 28.6. The van der Waals surface area contributed by atoms with Crippen LogP contribution in [-0.2, 0) is 37.1 Å². The first-order chi connectivity index (χ1) is 23.7. The van der Waals surface area contributed by atoms with Gasteiger partial charge in [0.05, 0.1) is 27.9 Å². The minimum Gasteiger partial charge on any atom is -0.456 e. The Labute approximate surface area is 291 Å². The fraction of sp³-hybridized carbons (Fsp3) is 0.455. The van der Waals surface area contributed by atoms with E-state index in [1.807, 2.05) is 6.92 Å². The summed E-state index contributed by atoms with van der Waals surface area (Å²) in [5.74, 6) is -2.46. The number of β-lactam (4-membered cyclic amide) rings is 1. The first-order valence-corrected chi connectivity index (χ1v) is 16.7. The number of carbonyl (C=O) groups excluding carboxylic acids is 4.